The number of aliphatic hydroxyl groups is 1. The summed E-state index contributed by atoms with van der Waals surface area (Å²) < 4.78 is 0. The van der Waals surface area contributed by atoms with Gasteiger partial charge in [0.25, 0.3) is 0 Å². The smallest absolute Gasteiger partial charge is 0.0366 e. The van der Waals surface area contributed by atoms with Gasteiger partial charge >= 0.3 is 0 Å². The first-order chi connectivity index (χ1) is 6.38. The largest absolute Gasteiger partial charge is 0.400 e. The lowest BCUT2D eigenvalue weighted by Crippen LogP contribution is -2.18. The Morgan fingerprint density at radius 1 is 1.15 bits per heavy atom. The zero-order chi connectivity index (χ0) is 9.68. The number of benzene rings is 1. The summed E-state index contributed by atoms with van der Waals surface area (Å²) in [6, 6.07) is 11.4. The second-order valence-corrected chi connectivity index (χ2v) is 3.18. The van der Waals surface area contributed by atoms with Gasteiger partial charge in [0, 0.05) is 25.9 Å². The van der Waals surface area contributed by atoms with Crippen molar-refractivity contribution in [2.45, 2.75) is 18.9 Å². The molecule has 1 N–H and O–H groups in total. The molecular formula is C11H17NO. The Hall–Kier alpha value is -1.02. The second-order valence-electron chi connectivity index (χ2n) is 3.18. The number of rotatable bonds is 2. The summed E-state index contributed by atoms with van der Waals surface area (Å²) in [6.07, 6.45) is 2.73. The van der Waals surface area contributed by atoms with Crippen molar-refractivity contribution in [1.29, 1.82) is 0 Å². The fraction of sp³-hybridized carbons (Fsp3) is 0.455. The van der Waals surface area contributed by atoms with E-state index in [1.165, 1.54) is 18.5 Å². The van der Waals surface area contributed by atoms with E-state index in [9.17, 15) is 0 Å². The van der Waals surface area contributed by atoms with E-state index in [2.05, 4.69) is 42.3 Å². The molecule has 2 heteroatoms. The maximum Gasteiger partial charge on any atom is 0.0366 e. The van der Waals surface area contributed by atoms with Crippen LogP contribution in [-0.4, -0.2) is 25.3 Å². The van der Waals surface area contributed by atoms with Crippen molar-refractivity contribution in [3.63, 3.8) is 0 Å². The average Bonchev–Trinajstić information content (AvgIpc) is 3.05. The molecule has 0 aliphatic heterocycles. The number of anilines is 1. The molecule has 1 aliphatic rings. The molecule has 0 aromatic heterocycles. The summed E-state index contributed by atoms with van der Waals surface area (Å²) in [7, 11) is 3.17. The van der Waals surface area contributed by atoms with E-state index in [4.69, 9.17) is 5.11 Å². The molecule has 0 heterocycles. The Morgan fingerprint density at radius 2 is 1.69 bits per heavy atom. The highest BCUT2D eigenvalue weighted by atomic mass is 16.2. The van der Waals surface area contributed by atoms with Crippen molar-refractivity contribution in [2.75, 3.05) is 19.1 Å². The van der Waals surface area contributed by atoms with Gasteiger partial charge in [0.05, 0.1) is 0 Å². The topological polar surface area (TPSA) is 23.5 Å². The number of nitrogens with zero attached hydrogens (tertiary/aromatic N) is 1. The normalized spacial score (nSPS) is 14.4. The monoisotopic (exact) mass is 179 g/mol. The first-order valence-electron chi connectivity index (χ1n) is 4.60. The number of para-hydroxylation sites is 1. The Morgan fingerprint density at radius 3 is 2.15 bits per heavy atom. The Labute approximate surface area is 79.8 Å². The predicted molar refractivity (Wildman–Crippen MR) is 56.0 cm³/mol. The summed E-state index contributed by atoms with van der Waals surface area (Å²) in [6.45, 7) is 0. The van der Waals surface area contributed by atoms with Crippen molar-refractivity contribution in [3.8, 4) is 0 Å². The Kier molecular flexibility index (Phi) is 3.77. The van der Waals surface area contributed by atoms with Crippen LogP contribution < -0.4 is 4.90 Å². The highest BCUT2D eigenvalue weighted by Crippen LogP contribution is 2.29. The van der Waals surface area contributed by atoms with Gasteiger partial charge in [-0.25, -0.2) is 0 Å². The standard InChI is InChI=1S/C10H13N.CH4O/c1-11(10-7-8-10)9-5-3-2-4-6-9;1-2/h2-6,10H,7-8H2,1H3;2H,1H3. The van der Waals surface area contributed by atoms with Gasteiger partial charge in [0.15, 0.2) is 0 Å². The predicted octanol–water partition coefficient (Wildman–Crippen LogP) is 1.89. The van der Waals surface area contributed by atoms with Crippen LogP contribution in [-0.2, 0) is 0 Å². The first kappa shape index (κ1) is 10.1. The molecule has 0 bridgehead atoms. The number of aliphatic hydroxyl groups excluding tert-OH is 1. The lowest BCUT2D eigenvalue weighted by molar-refractivity contribution is 0.399. The number of hydrogen-bond acceptors (Lipinski definition) is 2. The van der Waals surface area contributed by atoms with Crippen LogP contribution in [0.1, 0.15) is 12.8 Å². The van der Waals surface area contributed by atoms with Gasteiger partial charge in [-0.1, -0.05) is 18.2 Å². The van der Waals surface area contributed by atoms with E-state index >= 15 is 0 Å². The fourth-order valence-electron chi connectivity index (χ4n) is 1.34. The summed E-state index contributed by atoms with van der Waals surface area (Å²) in [4.78, 5) is 2.36. The quantitative estimate of drug-likeness (QED) is 0.749. The first-order valence-corrected chi connectivity index (χ1v) is 4.60. The van der Waals surface area contributed by atoms with Crippen molar-refractivity contribution >= 4 is 5.69 Å². The molecule has 1 aliphatic carbocycles. The molecule has 2 nitrogen and oxygen atoms in total. The van der Waals surface area contributed by atoms with E-state index in [-0.39, 0.29) is 0 Å². The van der Waals surface area contributed by atoms with E-state index in [1.54, 1.807) is 0 Å². The third-order valence-electron chi connectivity index (χ3n) is 2.26. The minimum absolute atomic E-state index is 0.817. The van der Waals surface area contributed by atoms with E-state index in [0.717, 1.165) is 13.2 Å². The summed E-state index contributed by atoms with van der Waals surface area (Å²) >= 11 is 0. The van der Waals surface area contributed by atoms with E-state index < -0.39 is 0 Å². The molecule has 1 saturated carbocycles. The molecule has 1 aromatic carbocycles. The summed E-state index contributed by atoms with van der Waals surface area (Å²) in [5, 5.41) is 7.00. The maximum atomic E-state index is 7.00. The Bertz CT molecular complexity index is 231. The number of hydrogen-bond donors (Lipinski definition) is 1. The molecular weight excluding hydrogens is 162 g/mol. The molecule has 13 heavy (non-hydrogen) atoms. The zero-order valence-corrected chi connectivity index (χ0v) is 8.27. The molecule has 0 radical (unpaired) electrons. The summed E-state index contributed by atoms with van der Waals surface area (Å²) in [5.41, 5.74) is 1.34. The third-order valence-corrected chi connectivity index (χ3v) is 2.26. The van der Waals surface area contributed by atoms with E-state index in [1.807, 2.05) is 0 Å². The third kappa shape index (κ3) is 2.74. The van der Waals surface area contributed by atoms with Gasteiger partial charge < -0.3 is 10.0 Å². The highest BCUT2D eigenvalue weighted by molar-refractivity contribution is 5.47. The molecule has 0 atom stereocenters. The van der Waals surface area contributed by atoms with Gasteiger partial charge in [0.2, 0.25) is 0 Å². The SMILES string of the molecule is CN(c1ccccc1)C1CC1.CO. The lowest BCUT2D eigenvalue weighted by Gasteiger charge is -2.17. The average molecular weight is 179 g/mol. The molecule has 2 rings (SSSR count). The van der Waals surface area contributed by atoms with Gasteiger partial charge in [-0.2, -0.15) is 0 Å². The minimum Gasteiger partial charge on any atom is -0.400 e. The van der Waals surface area contributed by atoms with Crippen LogP contribution in [0.25, 0.3) is 0 Å². The van der Waals surface area contributed by atoms with Crippen LogP contribution in [0.5, 0.6) is 0 Å². The van der Waals surface area contributed by atoms with Crippen molar-refractivity contribution in [2.24, 2.45) is 0 Å². The van der Waals surface area contributed by atoms with E-state index in [0.29, 0.717) is 0 Å². The van der Waals surface area contributed by atoms with Crippen LogP contribution in [0, 0.1) is 0 Å². The van der Waals surface area contributed by atoms with Crippen LogP contribution in [0.15, 0.2) is 30.3 Å². The molecule has 0 spiro atoms. The van der Waals surface area contributed by atoms with Crippen LogP contribution in [0.4, 0.5) is 5.69 Å². The van der Waals surface area contributed by atoms with Gasteiger partial charge in [-0.3, -0.25) is 0 Å². The Balaban J connectivity index is 0.000000396. The molecule has 0 saturated heterocycles. The van der Waals surface area contributed by atoms with Gasteiger partial charge in [-0.05, 0) is 25.0 Å². The maximum absolute atomic E-state index is 7.00. The van der Waals surface area contributed by atoms with Gasteiger partial charge in [0.1, 0.15) is 0 Å². The van der Waals surface area contributed by atoms with Crippen LogP contribution in [0.3, 0.4) is 0 Å². The lowest BCUT2D eigenvalue weighted by atomic mass is 10.3. The molecule has 0 unspecified atom stereocenters. The molecule has 1 fully saturated rings. The van der Waals surface area contributed by atoms with Crippen LogP contribution >= 0.6 is 0 Å². The van der Waals surface area contributed by atoms with Crippen LogP contribution in [0.2, 0.25) is 0 Å². The van der Waals surface area contributed by atoms with Crippen molar-refractivity contribution < 1.29 is 5.11 Å². The summed E-state index contributed by atoms with van der Waals surface area (Å²) in [5.74, 6) is 0. The molecule has 1 aromatic rings. The zero-order valence-electron chi connectivity index (χ0n) is 8.27. The van der Waals surface area contributed by atoms with Crippen molar-refractivity contribution in [3.05, 3.63) is 30.3 Å². The molecule has 0 amide bonds. The van der Waals surface area contributed by atoms with Crippen molar-refractivity contribution in [1.82, 2.24) is 0 Å². The second kappa shape index (κ2) is 4.87. The fourth-order valence-corrected chi connectivity index (χ4v) is 1.34. The van der Waals surface area contributed by atoms with Gasteiger partial charge in [-0.15, -0.1) is 0 Å². The highest BCUT2D eigenvalue weighted by Gasteiger charge is 2.25. The molecule has 72 valence electrons. The minimum atomic E-state index is 0.817.